The highest BCUT2D eigenvalue weighted by Gasteiger charge is 2.12. The second-order valence-corrected chi connectivity index (χ2v) is 7.14. The number of rotatable bonds is 4. The molecule has 3 nitrogen and oxygen atoms in total. The van der Waals surface area contributed by atoms with E-state index in [1.807, 2.05) is 37.4 Å². The minimum Gasteiger partial charge on any atom is -0.321 e. The summed E-state index contributed by atoms with van der Waals surface area (Å²) in [6, 6.07) is 9.61. The van der Waals surface area contributed by atoms with Crippen LogP contribution in [0.5, 0.6) is 0 Å². The van der Waals surface area contributed by atoms with E-state index in [-0.39, 0.29) is 5.91 Å². The van der Waals surface area contributed by atoms with Crippen molar-refractivity contribution in [3.63, 3.8) is 0 Å². The summed E-state index contributed by atoms with van der Waals surface area (Å²) < 4.78 is 1.81. The van der Waals surface area contributed by atoms with E-state index in [0.717, 1.165) is 26.1 Å². The smallest absolute Gasteiger partial charge is 0.265 e. The highest BCUT2D eigenvalue weighted by Crippen LogP contribution is 2.32. The molecule has 2 rings (SSSR count). The van der Waals surface area contributed by atoms with Gasteiger partial charge < -0.3 is 10.6 Å². The molecular formula is C13H12Br2N2OS. The molecule has 0 fully saturated rings. The van der Waals surface area contributed by atoms with E-state index in [1.165, 1.54) is 11.3 Å². The van der Waals surface area contributed by atoms with Crippen LogP contribution < -0.4 is 10.6 Å². The van der Waals surface area contributed by atoms with Gasteiger partial charge in [-0.05, 0) is 62.7 Å². The standard InChI is InChI=1S/C13H12Br2N2OS/c1-16-7-8-3-2-4-9(5-8)17-13(18)11-6-10(14)12(15)19-11/h2-6,16H,7H2,1H3,(H,17,18). The minimum absolute atomic E-state index is 0.0991. The van der Waals surface area contributed by atoms with Crippen LogP contribution in [0.1, 0.15) is 15.2 Å². The SMILES string of the molecule is CNCc1cccc(NC(=O)c2cc(Br)c(Br)s2)c1. The second kappa shape index (κ2) is 6.65. The van der Waals surface area contributed by atoms with E-state index in [9.17, 15) is 4.79 Å². The molecule has 2 aromatic rings. The van der Waals surface area contributed by atoms with Crippen LogP contribution in [0.3, 0.4) is 0 Å². The fraction of sp³-hybridized carbons (Fsp3) is 0.154. The molecule has 2 N–H and O–H groups in total. The van der Waals surface area contributed by atoms with Gasteiger partial charge in [-0.2, -0.15) is 0 Å². The van der Waals surface area contributed by atoms with Crippen LogP contribution in [-0.2, 0) is 6.54 Å². The molecule has 1 aromatic carbocycles. The molecule has 0 saturated carbocycles. The normalized spacial score (nSPS) is 10.5. The monoisotopic (exact) mass is 402 g/mol. The van der Waals surface area contributed by atoms with Crippen molar-refractivity contribution in [3.05, 3.63) is 49.0 Å². The highest BCUT2D eigenvalue weighted by molar-refractivity contribution is 9.13. The molecule has 1 aromatic heterocycles. The third kappa shape index (κ3) is 3.89. The summed E-state index contributed by atoms with van der Waals surface area (Å²) in [5.74, 6) is -0.0991. The second-order valence-electron chi connectivity index (χ2n) is 3.92. The first-order valence-electron chi connectivity index (χ1n) is 5.60. The molecule has 0 unspecified atom stereocenters. The molecule has 0 aliphatic rings. The third-order valence-corrected chi connectivity index (χ3v) is 5.69. The summed E-state index contributed by atoms with van der Waals surface area (Å²) in [4.78, 5) is 12.8. The lowest BCUT2D eigenvalue weighted by molar-refractivity contribution is 0.103. The van der Waals surface area contributed by atoms with E-state index in [1.54, 1.807) is 0 Å². The summed E-state index contributed by atoms with van der Waals surface area (Å²) in [5.41, 5.74) is 1.94. The Kier molecular flexibility index (Phi) is 5.15. The number of benzene rings is 1. The Bertz CT molecular complexity index is 579. The van der Waals surface area contributed by atoms with Crippen LogP contribution in [0.15, 0.2) is 38.6 Å². The maximum atomic E-state index is 12.1. The Morgan fingerprint density at radius 3 is 2.74 bits per heavy atom. The lowest BCUT2D eigenvalue weighted by atomic mass is 10.2. The molecule has 1 amide bonds. The van der Waals surface area contributed by atoms with Gasteiger partial charge in [-0.3, -0.25) is 4.79 Å². The van der Waals surface area contributed by atoms with Gasteiger partial charge in [-0.25, -0.2) is 0 Å². The molecule has 0 aliphatic heterocycles. The molecule has 6 heteroatoms. The zero-order valence-corrected chi connectivity index (χ0v) is 14.2. The molecule has 0 spiro atoms. The van der Waals surface area contributed by atoms with E-state index in [0.29, 0.717) is 4.88 Å². The van der Waals surface area contributed by atoms with Gasteiger partial charge >= 0.3 is 0 Å². The van der Waals surface area contributed by atoms with Crippen molar-refractivity contribution in [2.24, 2.45) is 0 Å². The number of carbonyl (C=O) groups excluding carboxylic acids is 1. The van der Waals surface area contributed by atoms with Crippen LogP contribution in [0, 0.1) is 0 Å². The van der Waals surface area contributed by atoms with Crippen molar-refractivity contribution in [2.75, 3.05) is 12.4 Å². The van der Waals surface area contributed by atoms with E-state index >= 15 is 0 Å². The maximum absolute atomic E-state index is 12.1. The van der Waals surface area contributed by atoms with Gasteiger partial charge in [-0.15, -0.1) is 11.3 Å². The molecule has 0 radical (unpaired) electrons. The Morgan fingerprint density at radius 1 is 1.32 bits per heavy atom. The molecule has 0 saturated heterocycles. The van der Waals surface area contributed by atoms with Crippen molar-refractivity contribution in [3.8, 4) is 0 Å². The molecule has 1 heterocycles. The Morgan fingerprint density at radius 2 is 2.11 bits per heavy atom. The maximum Gasteiger partial charge on any atom is 0.265 e. The highest BCUT2D eigenvalue weighted by atomic mass is 79.9. The Labute approximate surface area is 132 Å². The van der Waals surface area contributed by atoms with Gasteiger partial charge in [0.15, 0.2) is 0 Å². The van der Waals surface area contributed by atoms with E-state index in [4.69, 9.17) is 0 Å². The zero-order chi connectivity index (χ0) is 13.8. The predicted molar refractivity (Wildman–Crippen MR) is 86.9 cm³/mol. The summed E-state index contributed by atoms with van der Waals surface area (Å²) in [7, 11) is 1.89. The number of nitrogens with one attached hydrogen (secondary N) is 2. The van der Waals surface area contributed by atoms with E-state index in [2.05, 4.69) is 42.5 Å². The lowest BCUT2D eigenvalue weighted by Gasteiger charge is -2.06. The molecule has 19 heavy (non-hydrogen) atoms. The molecule has 0 bridgehead atoms. The number of hydrogen-bond acceptors (Lipinski definition) is 3. The number of hydrogen-bond donors (Lipinski definition) is 2. The molecule has 0 atom stereocenters. The first kappa shape index (κ1) is 14.7. The Balaban J connectivity index is 2.12. The summed E-state index contributed by atoms with van der Waals surface area (Å²) in [6.07, 6.45) is 0. The van der Waals surface area contributed by atoms with Gasteiger partial charge in [0.2, 0.25) is 0 Å². The largest absolute Gasteiger partial charge is 0.321 e. The van der Waals surface area contributed by atoms with Crippen LogP contribution in [0.25, 0.3) is 0 Å². The number of carbonyl (C=O) groups is 1. The average molecular weight is 404 g/mol. The average Bonchev–Trinajstić information content (AvgIpc) is 2.71. The summed E-state index contributed by atoms with van der Waals surface area (Å²) in [6.45, 7) is 0.778. The minimum atomic E-state index is -0.0991. The topological polar surface area (TPSA) is 41.1 Å². The summed E-state index contributed by atoms with van der Waals surface area (Å²) >= 11 is 8.16. The fourth-order valence-electron chi connectivity index (χ4n) is 1.61. The fourth-order valence-corrected chi connectivity index (χ4v) is 3.55. The van der Waals surface area contributed by atoms with Gasteiger partial charge in [0, 0.05) is 16.7 Å². The zero-order valence-electron chi connectivity index (χ0n) is 10.2. The van der Waals surface area contributed by atoms with Crippen molar-refractivity contribution in [1.82, 2.24) is 5.32 Å². The van der Waals surface area contributed by atoms with Crippen LogP contribution in [0.2, 0.25) is 0 Å². The number of anilines is 1. The van der Waals surface area contributed by atoms with Gasteiger partial charge in [0.05, 0.1) is 8.66 Å². The van der Waals surface area contributed by atoms with Crippen molar-refractivity contribution in [1.29, 1.82) is 0 Å². The first-order chi connectivity index (χ1) is 9.10. The van der Waals surface area contributed by atoms with Gasteiger partial charge in [-0.1, -0.05) is 12.1 Å². The number of halogens is 2. The van der Waals surface area contributed by atoms with Gasteiger partial charge in [0.25, 0.3) is 5.91 Å². The van der Waals surface area contributed by atoms with E-state index < -0.39 is 0 Å². The molecular weight excluding hydrogens is 392 g/mol. The van der Waals surface area contributed by atoms with Crippen LogP contribution in [0.4, 0.5) is 5.69 Å². The van der Waals surface area contributed by atoms with Gasteiger partial charge in [0.1, 0.15) is 0 Å². The lowest BCUT2D eigenvalue weighted by Crippen LogP contribution is -2.11. The van der Waals surface area contributed by atoms with Crippen molar-refractivity contribution in [2.45, 2.75) is 6.54 Å². The van der Waals surface area contributed by atoms with Crippen LogP contribution >= 0.6 is 43.2 Å². The number of thiophene rings is 1. The Hall–Kier alpha value is -0.690. The quantitative estimate of drug-likeness (QED) is 0.801. The molecule has 0 aliphatic carbocycles. The predicted octanol–water partition coefficient (Wildman–Crippen LogP) is 4.24. The molecule has 100 valence electrons. The first-order valence-corrected chi connectivity index (χ1v) is 8.00. The van der Waals surface area contributed by atoms with Crippen molar-refractivity contribution < 1.29 is 4.79 Å². The van der Waals surface area contributed by atoms with Crippen LogP contribution in [-0.4, -0.2) is 13.0 Å². The third-order valence-electron chi connectivity index (χ3n) is 2.43. The summed E-state index contributed by atoms with van der Waals surface area (Å²) in [5, 5.41) is 5.98. The number of amides is 1. The van der Waals surface area contributed by atoms with Crippen molar-refractivity contribution >= 4 is 54.8 Å².